The summed E-state index contributed by atoms with van der Waals surface area (Å²) in [6.07, 6.45) is 4.08. The van der Waals surface area contributed by atoms with Crippen LogP contribution >= 0.6 is 0 Å². The molecule has 0 bridgehead atoms. The zero-order valence-electron chi connectivity index (χ0n) is 11.2. The lowest BCUT2D eigenvalue weighted by atomic mass is 9.82. The van der Waals surface area contributed by atoms with Crippen molar-refractivity contribution < 1.29 is 8.78 Å². The van der Waals surface area contributed by atoms with Crippen molar-refractivity contribution >= 4 is 0 Å². The first kappa shape index (κ1) is 12.9. The number of rotatable bonds is 3. The van der Waals surface area contributed by atoms with Crippen molar-refractivity contribution in [2.45, 2.75) is 58.0 Å². The summed E-state index contributed by atoms with van der Waals surface area (Å²) < 4.78 is 30.1. The van der Waals surface area contributed by atoms with Crippen molar-refractivity contribution in [3.8, 4) is 0 Å². The van der Waals surface area contributed by atoms with Crippen LogP contribution in [0.15, 0.2) is 17.1 Å². The van der Waals surface area contributed by atoms with Gasteiger partial charge >= 0.3 is 0 Å². The van der Waals surface area contributed by atoms with Crippen LogP contribution in [0.5, 0.6) is 0 Å². The molecule has 3 nitrogen and oxygen atoms in total. The van der Waals surface area contributed by atoms with Crippen LogP contribution in [-0.4, -0.2) is 15.3 Å². The van der Waals surface area contributed by atoms with E-state index in [0.29, 0.717) is 25.3 Å². The molecule has 2 aliphatic rings. The topological polar surface area (TPSA) is 26.9 Å². The normalized spacial score (nSPS) is 27.6. The molecular formula is C14H20F2N2O. The highest BCUT2D eigenvalue weighted by atomic mass is 19.3. The Kier molecular flexibility index (Phi) is 2.84. The third-order valence-electron chi connectivity index (χ3n) is 5.01. The van der Waals surface area contributed by atoms with Gasteiger partial charge in [0.2, 0.25) is 5.92 Å². The average molecular weight is 270 g/mol. The first-order valence-electron chi connectivity index (χ1n) is 7.10. The molecule has 2 saturated carbocycles. The van der Waals surface area contributed by atoms with E-state index in [1.807, 2.05) is 11.6 Å². The number of aromatic nitrogens is 2. The van der Waals surface area contributed by atoms with Crippen molar-refractivity contribution in [3.63, 3.8) is 0 Å². The third kappa shape index (κ3) is 2.23. The molecule has 2 fully saturated rings. The predicted molar refractivity (Wildman–Crippen MR) is 68.3 cm³/mol. The van der Waals surface area contributed by atoms with E-state index < -0.39 is 5.92 Å². The lowest BCUT2D eigenvalue weighted by Crippen LogP contribution is -2.29. The van der Waals surface area contributed by atoms with E-state index >= 15 is 0 Å². The highest BCUT2D eigenvalue weighted by Crippen LogP contribution is 2.63. The molecule has 106 valence electrons. The largest absolute Gasteiger partial charge is 0.290 e. The van der Waals surface area contributed by atoms with Crippen LogP contribution in [0.4, 0.5) is 8.78 Å². The summed E-state index contributed by atoms with van der Waals surface area (Å²) in [6, 6.07) is 1.58. The van der Waals surface area contributed by atoms with Gasteiger partial charge in [0.15, 0.2) is 0 Å². The number of nitrogens with zero attached hydrogens (tertiary/aromatic N) is 2. The molecule has 0 amide bonds. The maximum Gasteiger partial charge on any atom is 0.266 e. The molecule has 0 aliphatic heterocycles. The summed E-state index contributed by atoms with van der Waals surface area (Å²) in [6.45, 7) is 3.45. The van der Waals surface area contributed by atoms with Gasteiger partial charge in [0, 0.05) is 38.2 Å². The maximum absolute atomic E-state index is 13.2. The predicted octanol–water partition coefficient (Wildman–Crippen LogP) is 2.89. The molecule has 2 aliphatic carbocycles. The first-order chi connectivity index (χ1) is 8.96. The maximum atomic E-state index is 13.2. The molecule has 1 heterocycles. The molecular weight excluding hydrogens is 250 g/mol. The Hall–Kier alpha value is -1.13. The Labute approximate surface area is 111 Å². The quantitative estimate of drug-likeness (QED) is 0.829. The van der Waals surface area contributed by atoms with Gasteiger partial charge in [0.05, 0.1) is 0 Å². The molecule has 1 aromatic heterocycles. The zero-order valence-corrected chi connectivity index (χ0v) is 11.2. The fourth-order valence-electron chi connectivity index (χ4n) is 3.54. The van der Waals surface area contributed by atoms with Crippen molar-refractivity contribution in [1.29, 1.82) is 0 Å². The molecule has 1 unspecified atom stereocenters. The number of alkyl halides is 2. The van der Waals surface area contributed by atoms with Crippen LogP contribution < -0.4 is 5.56 Å². The van der Waals surface area contributed by atoms with Crippen LogP contribution in [-0.2, 0) is 13.1 Å². The summed E-state index contributed by atoms with van der Waals surface area (Å²) in [5.74, 6) is -2.06. The summed E-state index contributed by atoms with van der Waals surface area (Å²) in [7, 11) is 0. The lowest BCUT2D eigenvalue weighted by molar-refractivity contribution is -0.0522. The second-order valence-corrected chi connectivity index (χ2v) is 6.11. The zero-order chi connectivity index (χ0) is 13.7. The second-order valence-electron chi connectivity index (χ2n) is 6.11. The van der Waals surface area contributed by atoms with Gasteiger partial charge in [-0.2, -0.15) is 0 Å². The lowest BCUT2D eigenvalue weighted by Gasteiger charge is -2.29. The van der Waals surface area contributed by atoms with Crippen LogP contribution in [0.3, 0.4) is 0 Å². The van der Waals surface area contributed by atoms with Crippen molar-refractivity contribution in [1.82, 2.24) is 9.36 Å². The van der Waals surface area contributed by atoms with E-state index in [4.69, 9.17) is 0 Å². The molecule has 0 saturated heterocycles. The monoisotopic (exact) mass is 270 g/mol. The van der Waals surface area contributed by atoms with Crippen molar-refractivity contribution in [2.75, 3.05) is 0 Å². The number of hydrogen-bond acceptors (Lipinski definition) is 1. The van der Waals surface area contributed by atoms with E-state index in [9.17, 15) is 13.6 Å². The van der Waals surface area contributed by atoms with Crippen LogP contribution in [0.25, 0.3) is 0 Å². The Bertz CT molecular complexity index is 522. The standard InChI is InChI=1S/C14H20F2N2O/c1-2-17-8-3-12(19)18(17)10-11-9-13(11)4-6-14(15,16)7-5-13/h3,8,11H,2,4-7,9-10H2,1H3. The highest BCUT2D eigenvalue weighted by Gasteiger charge is 2.57. The van der Waals surface area contributed by atoms with E-state index in [1.54, 1.807) is 16.9 Å². The molecule has 19 heavy (non-hydrogen) atoms. The molecule has 0 radical (unpaired) electrons. The van der Waals surface area contributed by atoms with Crippen molar-refractivity contribution in [3.05, 3.63) is 22.6 Å². The average Bonchev–Trinajstić information content (AvgIpc) is 2.93. The highest BCUT2D eigenvalue weighted by molar-refractivity contribution is 5.05. The number of hydrogen-bond donors (Lipinski definition) is 0. The van der Waals surface area contributed by atoms with Gasteiger partial charge < -0.3 is 0 Å². The van der Waals surface area contributed by atoms with Crippen molar-refractivity contribution in [2.24, 2.45) is 11.3 Å². The van der Waals surface area contributed by atoms with Gasteiger partial charge in [0.1, 0.15) is 0 Å². The fourth-order valence-corrected chi connectivity index (χ4v) is 3.54. The van der Waals surface area contributed by atoms with Gasteiger partial charge in [-0.1, -0.05) is 0 Å². The van der Waals surface area contributed by atoms with Crippen LogP contribution in [0.1, 0.15) is 39.0 Å². The number of halogens is 2. The molecule has 1 atom stereocenters. The Morgan fingerprint density at radius 1 is 1.32 bits per heavy atom. The Morgan fingerprint density at radius 3 is 2.63 bits per heavy atom. The molecule has 5 heteroatoms. The molecule has 0 N–H and O–H groups in total. The van der Waals surface area contributed by atoms with E-state index in [0.717, 1.165) is 13.0 Å². The molecule has 1 aromatic rings. The molecule has 3 rings (SSSR count). The van der Waals surface area contributed by atoms with Gasteiger partial charge in [-0.05, 0) is 37.5 Å². The summed E-state index contributed by atoms with van der Waals surface area (Å²) >= 11 is 0. The van der Waals surface area contributed by atoms with E-state index in [1.165, 1.54) is 0 Å². The minimum atomic E-state index is -2.46. The molecule has 1 spiro atoms. The smallest absolute Gasteiger partial charge is 0.266 e. The Morgan fingerprint density at radius 2 is 2.00 bits per heavy atom. The van der Waals surface area contributed by atoms with Gasteiger partial charge in [-0.15, -0.1) is 0 Å². The van der Waals surface area contributed by atoms with E-state index in [-0.39, 0.29) is 23.8 Å². The first-order valence-corrected chi connectivity index (χ1v) is 7.10. The third-order valence-corrected chi connectivity index (χ3v) is 5.01. The summed E-state index contributed by atoms with van der Waals surface area (Å²) in [5.41, 5.74) is 0.120. The van der Waals surface area contributed by atoms with Crippen LogP contribution in [0.2, 0.25) is 0 Å². The summed E-state index contributed by atoms with van der Waals surface area (Å²) in [5, 5.41) is 0. The number of aryl methyl sites for hydroxylation is 1. The van der Waals surface area contributed by atoms with Gasteiger partial charge in [0.25, 0.3) is 5.56 Å². The fraction of sp³-hybridized carbons (Fsp3) is 0.786. The SMILES string of the molecule is CCn1ccc(=O)n1CC1CC12CCC(F)(F)CC2. The second kappa shape index (κ2) is 4.18. The van der Waals surface area contributed by atoms with Crippen LogP contribution in [0, 0.1) is 11.3 Å². The Balaban J connectivity index is 1.68. The minimum Gasteiger partial charge on any atom is -0.290 e. The summed E-state index contributed by atoms with van der Waals surface area (Å²) in [4.78, 5) is 11.8. The van der Waals surface area contributed by atoms with Gasteiger partial charge in [-0.3, -0.25) is 14.2 Å². The van der Waals surface area contributed by atoms with E-state index in [2.05, 4.69) is 0 Å². The molecule has 0 aromatic carbocycles. The minimum absolute atomic E-state index is 0.0186. The van der Waals surface area contributed by atoms with Gasteiger partial charge in [-0.25, -0.2) is 8.78 Å².